The smallest absolute Gasteiger partial charge is 0.310 e. The number of benzene rings is 2. The molecule has 1 aliphatic carbocycles. The topological polar surface area (TPSA) is 77.6 Å². The summed E-state index contributed by atoms with van der Waals surface area (Å²) in [6, 6.07) is 10.8. The molecule has 5 rings (SSSR count). The van der Waals surface area contributed by atoms with Crippen molar-refractivity contribution in [1.82, 2.24) is 15.2 Å². The zero-order valence-electron chi connectivity index (χ0n) is 22.2. The number of nitrogens with zero attached hydrogens (tertiary/aromatic N) is 1. The molecule has 0 amide bonds. The first-order valence-corrected chi connectivity index (χ1v) is 13.6. The molecule has 6 nitrogen and oxygen atoms in total. The normalized spacial score (nSPS) is 20.7. The quantitative estimate of drug-likeness (QED) is 0.287. The van der Waals surface area contributed by atoms with Gasteiger partial charge in [0.05, 0.1) is 18.1 Å². The number of aliphatic carboxylic acids is 1. The van der Waals surface area contributed by atoms with Crippen LogP contribution in [0.3, 0.4) is 0 Å². The number of carboxylic acids is 1. The van der Waals surface area contributed by atoms with Gasteiger partial charge in [-0.25, -0.2) is 4.39 Å². The zero-order chi connectivity index (χ0) is 26.9. The molecule has 0 saturated heterocycles. The molecule has 1 fully saturated rings. The van der Waals surface area contributed by atoms with E-state index in [1.807, 2.05) is 25.1 Å². The summed E-state index contributed by atoms with van der Waals surface area (Å²) >= 11 is 0. The average molecular weight is 526 g/mol. The van der Waals surface area contributed by atoms with Gasteiger partial charge < -0.3 is 20.1 Å². The Hall–Kier alpha value is -2.97. The largest absolute Gasteiger partial charge is 0.492 e. The number of H-pyrrole nitrogens is 1. The number of aromatic nitrogens is 1. The number of carbonyl (C=O) groups is 1. The number of ether oxygens (including phenoxy) is 1. The van der Waals surface area contributed by atoms with Crippen LogP contribution in [0.1, 0.15) is 61.0 Å². The van der Waals surface area contributed by atoms with Crippen LogP contribution in [0.5, 0.6) is 5.75 Å². The predicted molar refractivity (Wildman–Crippen MR) is 144 cm³/mol. The van der Waals surface area contributed by atoms with Crippen LogP contribution >= 0.6 is 0 Å². The first kappa shape index (κ1) is 26.6. The number of alkyl halides is 1. The Morgan fingerprint density at radius 1 is 1.24 bits per heavy atom. The van der Waals surface area contributed by atoms with Crippen molar-refractivity contribution in [3.05, 3.63) is 64.6 Å². The summed E-state index contributed by atoms with van der Waals surface area (Å²) in [7, 11) is 0. The van der Waals surface area contributed by atoms with Gasteiger partial charge in [-0.05, 0) is 75.4 Å². The molecule has 0 unspecified atom stereocenters. The van der Waals surface area contributed by atoms with E-state index >= 15 is 4.39 Å². The van der Waals surface area contributed by atoms with Gasteiger partial charge in [0.2, 0.25) is 0 Å². The molecule has 1 aromatic heterocycles. The fourth-order valence-corrected chi connectivity index (χ4v) is 6.17. The number of nitrogens with one attached hydrogen (secondary N) is 2. The molecule has 3 N–H and O–H groups in total. The van der Waals surface area contributed by atoms with E-state index in [4.69, 9.17) is 4.74 Å². The molecule has 204 valence electrons. The van der Waals surface area contributed by atoms with Crippen LogP contribution in [0.25, 0.3) is 10.9 Å². The molecule has 2 atom stereocenters. The summed E-state index contributed by atoms with van der Waals surface area (Å²) in [5.74, 6) is -0.504. The fourth-order valence-electron chi connectivity index (χ4n) is 6.17. The summed E-state index contributed by atoms with van der Waals surface area (Å²) in [6.45, 7) is 5.52. The van der Waals surface area contributed by atoms with Crippen molar-refractivity contribution in [2.24, 2.45) is 5.41 Å². The van der Waals surface area contributed by atoms with Crippen LogP contribution in [-0.4, -0.2) is 59.9 Å². The first-order chi connectivity index (χ1) is 18.4. The summed E-state index contributed by atoms with van der Waals surface area (Å²) in [5.41, 5.74) is 3.51. The number of halogens is 2. The maximum atomic E-state index is 15.8. The summed E-state index contributed by atoms with van der Waals surface area (Å²) in [6.07, 6.45) is 3.38. The molecular formula is C30H37F2N3O3. The number of hydrogen-bond donors (Lipinski definition) is 3. The van der Waals surface area contributed by atoms with Crippen molar-refractivity contribution in [2.75, 3.05) is 32.9 Å². The van der Waals surface area contributed by atoms with E-state index in [0.29, 0.717) is 62.4 Å². The van der Waals surface area contributed by atoms with Gasteiger partial charge in [0.1, 0.15) is 18.2 Å². The monoisotopic (exact) mass is 525 g/mol. The molecule has 8 heteroatoms. The van der Waals surface area contributed by atoms with Crippen molar-refractivity contribution in [1.29, 1.82) is 0 Å². The molecule has 2 heterocycles. The zero-order valence-corrected chi connectivity index (χ0v) is 22.2. The lowest BCUT2D eigenvalue weighted by Gasteiger charge is -2.48. The van der Waals surface area contributed by atoms with Gasteiger partial charge in [-0.2, -0.15) is 0 Å². The molecular weight excluding hydrogens is 488 g/mol. The second-order valence-electron chi connectivity index (χ2n) is 10.9. The average Bonchev–Trinajstić information content (AvgIpc) is 3.23. The van der Waals surface area contributed by atoms with Crippen LogP contribution in [0.15, 0.2) is 36.4 Å². The van der Waals surface area contributed by atoms with Crippen LogP contribution in [0.4, 0.5) is 8.78 Å². The van der Waals surface area contributed by atoms with E-state index in [1.165, 1.54) is 6.07 Å². The maximum Gasteiger partial charge on any atom is 0.310 e. The highest BCUT2D eigenvalue weighted by Gasteiger charge is 2.49. The Morgan fingerprint density at radius 3 is 2.74 bits per heavy atom. The Bertz CT molecular complexity index is 1300. The Balaban J connectivity index is 1.55. The van der Waals surface area contributed by atoms with Crippen molar-refractivity contribution < 1.29 is 23.4 Å². The molecule has 2 aromatic carbocycles. The van der Waals surface area contributed by atoms with Gasteiger partial charge in [-0.1, -0.05) is 24.6 Å². The molecule has 0 bridgehead atoms. The van der Waals surface area contributed by atoms with Gasteiger partial charge in [-0.15, -0.1) is 0 Å². The van der Waals surface area contributed by atoms with Gasteiger partial charge in [-0.3, -0.25) is 14.1 Å². The lowest BCUT2D eigenvalue weighted by atomic mass is 9.67. The van der Waals surface area contributed by atoms with Crippen molar-refractivity contribution in [3.8, 4) is 5.75 Å². The van der Waals surface area contributed by atoms with E-state index < -0.39 is 17.4 Å². The Morgan fingerprint density at radius 2 is 2.03 bits per heavy atom. The van der Waals surface area contributed by atoms with Gasteiger partial charge in [0.25, 0.3) is 0 Å². The van der Waals surface area contributed by atoms with Crippen LogP contribution in [-0.2, 0) is 11.2 Å². The van der Waals surface area contributed by atoms with Gasteiger partial charge in [0.15, 0.2) is 0 Å². The number of hydrogen-bond acceptors (Lipinski definition) is 4. The van der Waals surface area contributed by atoms with Gasteiger partial charge in [0, 0.05) is 41.3 Å². The summed E-state index contributed by atoms with van der Waals surface area (Å²) < 4.78 is 34.2. The van der Waals surface area contributed by atoms with E-state index in [-0.39, 0.29) is 18.5 Å². The molecule has 3 aromatic rings. The third kappa shape index (κ3) is 4.80. The van der Waals surface area contributed by atoms with Crippen LogP contribution < -0.4 is 10.1 Å². The van der Waals surface area contributed by atoms with E-state index in [2.05, 4.69) is 28.2 Å². The molecule has 0 spiro atoms. The minimum atomic E-state index is -0.806. The van der Waals surface area contributed by atoms with E-state index in [1.54, 1.807) is 6.07 Å². The van der Waals surface area contributed by atoms with E-state index in [9.17, 15) is 14.3 Å². The van der Waals surface area contributed by atoms with Gasteiger partial charge >= 0.3 is 5.97 Å². The fraction of sp³-hybridized carbons (Fsp3) is 0.500. The highest BCUT2D eigenvalue weighted by Crippen LogP contribution is 2.48. The Kier molecular flexibility index (Phi) is 7.73. The minimum Gasteiger partial charge on any atom is -0.492 e. The van der Waals surface area contributed by atoms with Crippen molar-refractivity contribution in [2.45, 2.75) is 58.0 Å². The number of fused-ring (bicyclic) bond motifs is 3. The van der Waals surface area contributed by atoms with Crippen molar-refractivity contribution >= 4 is 16.9 Å². The Labute approximate surface area is 222 Å². The molecule has 2 aliphatic rings. The maximum absolute atomic E-state index is 15.8. The highest BCUT2D eigenvalue weighted by molar-refractivity contribution is 5.85. The molecule has 1 aliphatic heterocycles. The molecule has 1 saturated carbocycles. The number of rotatable bonds is 11. The molecule has 0 radical (unpaired) electrons. The standard InChI is InChI=1S/C30H37F2N3O3/c1-19-17-22-21-7-3-4-8-24(21)34-27(22)28(35(19)18-30(29(36)37)11-5-12-30)26-20(2)25(10-9-23(26)32)38-16-15-33-14-6-13-31/h3-4,7-10,19,28,33-34H,5-6,11-18H2,1-2H3,(H,36,37)/t19-,28-/m1/s1. The SMILES string of the molecule is Cc1c(OCCNCCCF)ccc(F)c1[C@@H]1c2[nH]c3ccccc3c2C[C@@H](C)N1CC1(C(=O)O)CCC1. The van der Waals surface area contributed by atoms with Crippen LogP contribution in [0, 0.1) is 18.2 Å². The summed E-state index contributed by atoms with van der Waals surface area (Å²) in [4.78, 5) is 18.1. The van der Waals surface area contributed by atoms with Crippen molar-refractivity contribution in [3.63, 3.8) is 0 Å². The van der Waals surface area contributed by atoms with E-state index in [0.717, 1.165) is 35.0 Å². The minimum absolute atomic E-state index is 0.0200. The molecule has 38 heavy (non-hydrogen) atoms. The lowest BCUT2D eigenvalue weighted by molar-refractivity contribution is -0.157. The highest BCUT2D eigenvalue weighted by atomic mass is 19.1. The summed E-state index contributed by atoms with van der Waals surface area (Å²) in [5, 5.41) is 14.4. The third-order valence-electron chi connectivity index (χ3n) is 8.48. The van der Waals surface area contributed by atoms with Crippen LogP contribution in [0.2, 0.25) is 0 Å². The first-order valence-electron chi connectivity index (χ1n) is 13.6. The number of aromatic amines is 1. The lowest BCUT2D eigenvalue weighted by Crippen LogP contribution is -2.53. The third-order valence-corrected chi connectivity index (χ3v) is 8.48. The second-order valence-corrected chi connectivity index (χ2v) is 10.9. The number of carboxylic acid groups (broad SMARTS) is 1. The second kappa shape index (κ2) is 11.0. The number of para-hydroxylation sites is 1. The predicted octanol–water partition coefficient (Wildman–Crippen LogP) is 5.53.